The standard InChI is InChI=1S/C51H34N4O/c52-50(39-26-29-45-44-19-8-10-21-48(44)56-49(45)32-39)54-51(40-27-28-43-42-18-7-9-20-46(42)55(47(43)31-40)41-16-5-2-6-17-41)53-33-34-22-24-36(25-23-34)38-15-11-14-37(30-38)35-12-3-1-4-13-35/h1-33,52H. The highest BCUT2D eigenvalue weighted by molar-refractivity contribution is 6.17. The van der Waals surface area contributed by atoms with Crippen molar-refractivity contribution in [3.63, 3.8) is 0 Å². The summed E-state index contributed by atoms with van der Waals surface area (Å²) in [4.78, 5) is 9.91. The van der Waals surface area contributed by atoms with Crippen LogP contribution in [0.5, 0.6) is 0 Å². The maximum atomic E-state index is 9.22. The van der Waals surface area contributed by atoms with E-state index >= 15 is 0 Å². The van der Waals surface area contributed by atoms with E-state index in [1.54, 1.807) is 0 Å². The first-order chi connectivity index (χ1) is 27.7. The van der Waals surface area contributed by atoms with E-state index in [2.05, 4.69) is 150 Å². The highest BCUT2D eigenvalue weighted by atomic mass is 16.3. The molecular weight excluding hydrogens is 685 g/mol. The van der Waals surface area contributed by atoms with E-state index in [9.17, 15) is 5.41 Å². The van der Waals surface area contributed by atoms with Crippen LogP contribution in [0.3, 0.4) is 0 Å². The lowest BCUT2D eigenvalue weighted by Crippen LogP contribution is -2.05. The lowest BCUT2D eigenvalue weighted by Gasteiger charge is -2.09. The zero-order valence-electron chi connectivity index (χ0n) is 30.3. The molecule has 56 heavy (non-hydrogen) atoms. The zero-order valence-corrected chi connectivity index (χ0v) is 30.3. The second-order valence-electron chi connectivity index (χ2n) is 13.8. The van der Waals surface area contributed by atoms with Crippen molar-refractivity contribution in [2.75, 3.05) is 0 Å². The van der Waals surface area contributed by atoms with Crippen molar-refractivity contribution in [1.82, 2.24) is 4.57 Å². The number of hydrogen-bond donors (Lipinski definition) is 1. The fraction of sp³-hybridized carbons (Fsp3) is 0. The molecule has 0 aliphatic heterocycles. The van der Waals surface area contributed by atoms with Gasteiger partial charge >= 0.3 is 0 Å². The Hall–Kier alpha value is -7.63. The van der Waals surface area contributed by atoms with Crippen LogP contribution in [0.25, 0.3) is 71.7 Å². The summed E-state index contributed by atoms with van der Waals surface area (Å²) in [7, 11) is 0. The summed E-state index contributed by atoms with van der Waals surface area (Å²) in [5.74, 6) is 0.531. The largest absolute Gasteiger partial charge is 0.456 e. The predicted molar refractivity (Wildman–Crippen MR) is 233 cm³/mol. The maximum absolute atomic E-state index is 9.22. The molecule has 5 nitrogen and oxygen atoms in total. The van der Waals surface area contributed by atoms with E-state index in [1.165, 1.54) is 16.5 Å². The normalized spacial score (nSPS) is 12.0. The van der Waals surface area contributed by atoms with Gasteiger partial charge in [-0.1, -0.05) is 146 Å². The molecule has 264 valence electrons. The van der Waals surface area contributed by atoms with Crippen molar-refractivity contribution in [1.29, 1.82) is 5.41 Å². The minimum atomic E-state index is 0.0943. The molecule has 0 radical (unpaired) electrons. The van der Waals surface area contributed by atoms with E-state index in [0.29, 0.717) is 11.4 Å². The van der Waals surface area contributed by atoms with Crippen molar-refractivity contribution in [3.05, 3.63) is 211 Å². The topological polar surface area (TPSA) is 66.6 Å². The molecule has 5 heteroatoms. The van der Waals surface area contributed by atoms with Crippen molar-refractivity contribution in [2.24, 2.45) is 9.98 Å². The van der Waals surface area contributed by atoms with Crippen LogP contribution in [0.2, 0.25) is 0 Å². The molecule has 0 saturated heterocycles. The molecule has 2 aromatic heterocycles. The molecule has 0 bridgehead atoms. The highest BCUT2D eigenvalue weighted by Crippen LogP contribution is 2.34. The fourth-order valence-corrected chi connectivity index (χ4v) is 7.58. The summed E-state index contributed by atoms with van der Waals surface area (Å²) in [6.45, 7) is 0. The summed E-state index contributed by atoms with van der Waals surface area (Å²) in [6.07, 6.45) is 1.83. The van der Waals surface area contributed by atoms with Gasteiger partial charge in [0.05, 0.1) is 11.0 Å². The van der Waals surface area contributed by atoms with Gasteiger partial charge in [-0.15, -0.1) is 0 Å². The molecule has 0 atom stereocenters. The Morgan fingerprint density at radius 2 is 1.07 bits per heavy atom. The second kappa shape index (κ2) is 14.0. The molecule has 8 aromatic carbocycles. The van der Waals surface area contributed by atoms with Gasteiger partial charge in [-0.2, -0.15) is 0 Å². The Morgan fingerprint density at radius 1 is 0.464 bits per heavy atom. The third-order valence-corrected chi connectivity index (χ3v) is 10.4. The molecule has 0 aliphatic rings. The van der Waals surface area contributed by atoms with Crippen LogP contribution in [-0.4, -0.2) is 22.5 Å². The molecule has 10 rings (SSSR count). The molecular formula is C51H34N4O. The molecule has 0 aliphatic carbocycles. The number of aromatic nitrogens is 1. The van der Waals surface area contributed by atoms with Crippen molar-refractivity contribution < 1.29 is 4.42 Å². The number of fused-ring (bicyclic) bond motifs is 6. The summed E-state index contributed by atoms with van der Waals surface area (Å²) in [5, 5.41) is 13.6. The van der Waals surface area contributed by atoms with Crippen LogP contribution in [0.1, 0.15) is 16.7 Å². The van der Waals surface area contributed by atoms with Crippen LogP contribution in [0.15, 0.2) is 209 Å². The van der Waals surface area contributed by atoms with Gasteiger partial charge in [0, 0.05) is 44.6 Å². The quantitative estimate of drug-likeness (QED) is 0.135. The molecule has 10 aromatic rings. The predicted octanol–water partition coefficient (Wildman–Crippen LogP) is 12.9. The smallest absolute Gasteiger partial charge is 0.161 e. The first-order valence-corrected chi connectivity index (χ1v) is 18.6. The molecule has 0 amide bonds. The lowest BCUT2D eigenvalue weighted by molar-refractivity contribution is 0.669. The van der Waals surface area contributed by atoms with Crippen LogP contribution in [0.4, 0.5) is 0 Å². The zero-order chi connectivity index (χ0) is 37.4. The fourth-order valence-electron chi connectivity index (χ4n) is 7.58. The third kappa shape index (κ3) is 6.07. The van der Waals surface area contributed by atoms with E-state index in [4.69, 9.17) is 14.4 Å². The Bertz CT molecular complexity index is 3130. The lowest BCUT2D eigenvalue weighted by atomic mass is 9.98. The van der Waals surface area contributed by atoms with Gasteiger partial charge in [-0.25, -0.2) is 9.98 Å². The van der Waals surface area contributed by atoms with Crippen molar-refractivity contribution in [3.8, 4) is 27.9 Å². The summed E-state index contributed by atoms with van der Waals surface area (Å²) < 4.78 is 8.44. The Labute approximate surface area is 323 Å². The maximum Gasteiger partial charge on any atom is 0.161 e. The summed E-state index contributed by atoms with van der Waals surface area (Å²) >= 11 is 0. The van der Waals surface area contributed by atoms with Gasteiger partial charge in [-0.3, -0.25) is 5.41 Å². The van der Waals surface area contributed by atoms with E-state index in [-0.39, 0.29) is 5.84 Å². The van der Waals surface area contributed by atoms with Gasteiger partial charge in [0.2, 0.25) is 0 Å². The van der Waals surface area contributed by atoms with Gasteiger partial charge < -0.3 is 8.98 Å². The van der Waals surface area contributed by atoms with Gasteiger partial charge in [0.15, 0.2) is 11.7 Å². The second-order valence-corrected chi connectivity index (χ2v) is 13.8. The molecule has 0 unspecified atom stereocenters. The third-order valence-electron chi connectivity index (χ3n) is 10.4. The van der Waals surface area contributed by atoms with E-state index in [1.807, 2.05) is 54.7 Å². The summed E-state index contributed by atoms with van der Waals surface area (Å²) in [5.41, 5.74) is 11.8. The molecule has 1 N–H and O–H groups in total. The van der Waals surface area contributed by atoms with E-state index in [0.717, 1.165) is 66.3 Å². The molecule has 0 spiro atoms. The number of para-hydroxylation sites is 3. The van der Waals surface area contributed by atoms with Crippen molar-refractivity contribution >= 4 is 61.6 Å². The number of amidine groups is 2. The highest BCUT2D eigenvalue weighted by Gasteiger charge is 2.16. The summed E-state index contributed by atoms with van der Waals surface area (Å²) in [6, 6.07) is 66.4. The molecule has 0 saturated carbocycles. The first kappa shape index (κ1) is 33.0. The molecule has 2 heterocycles. The van der Waals surface area contributed by atoms with Crippen LogP contribution < -0.4 is 0 Å². The molecule has 0 fully saturated rings. The average Bonchev–Trinajstić information content (AvgIpc) is 3.81. The SMILES string of the molecule is N=C(N=C(N=Cc1ccc(-c2cccc(-c3ccccc3)c2)cc1)c1ccc2c3ccccc3n(-c3ccccc3)c2c1)c1ccc2c(c1)oc1ccccc12. The minimum absolute atomic E-state index is 0.0943. The Morgan fingerprint density at radius 3 is 1.88 bits per heavy atom. The van der Waals surface area contributed by atoms with Gasteiger partial charge in [-0.05, 0) is 76.3 Å². The number of nitrogens with one attached hydrogen (secondary N) is 1. The van der Waals surface area contributed by atoms with Crippen LogP contribution in [0, 0.1) is 5.41 Å². The van der Waals surface area contributed by atoms with Gasteiger partial charge in [0.1, 0.15) is 11.2 Å². The number of aliphatic imine (C=N–C) groups is 2. The Balaban J connectivity index is 1.05. The van der Waals surface area contributed by atoms with Gasteiger partial charge in [0.25, 0.3) is 0 Å². The van der Waals surface area contributed by atoms with Crippen LogP contribution >= 0.6 is 0 Å². The number of furan rings is 1. The number of nitrogens with zero attached hydrogens (tertiary/aromatic N) is 3. The number of rotatable bonds is 6. The number of hydrogen-bond acceptors (Lipinski definition) is 2. The van der Waals surface area contributed by atoms with Crippen LogP contribution in [-0.2, 0) is 0 Å². The van der Waals surface area contributed by atoms with Crippen molar-refractivity contribution in [2.45, 2.75) is 0 Å². The first-order valence-electron chi connectivity index (χ1n) is 18.6. The number of benzene rings is 8. The average molecular weight is 719 g/mol. The van der Waals surface area contributed by atoms with E-state index < -0.39 is 0 Å². The Kier molecular flexibility index (Phi) is 8.23. The minimum Gasteiger partial charge on any atom is -0.456 e. The monoisotopic (exact) mass is 718 g/mol.